The standard InChI is InChI=1S/C14H15NO5/c16-12(10-2-1-3-11(10)14(19)20)15-9-6-4-8(5-7-9)13(17)18/h4-7,10-11H,1-3H2,(H,15,16)(H,17,18)(H,19,20)/t10-,11+/m1/s1. The number of nitrogens with one attached hydrogen (secondary N) is 1. The Labute approximate surface area is 115 Å². The summed E-state index contributed by atoms with van der Waals surface area (Å²) < 4.78 is 0. The van der Waals surface area contributed by atoms with Crippen LogP contribution in [-0.4, -0.2) is 28.1 Å². The lowest BCUT2D eigenvalue weighted by molar-refractivity contribution is -0.145. The first-order chi connectivity index (χ1) is 9.49. The van der Waals surface area contributed by atoms with Gasteiger partial charge in [0.15, 0.2) is 0 Å². The van der Waals surface area contributed by atoms with Crippen molar-refractivity contribution in [3.05, 3.63) is 29.8 Å². The van der Waals surface area contributed by atoms with Crippen LogP contribution in [0.5, 0.6) is 0 Å². The van der Waals surface area contributed by atoms with Crippen molar-refractivity contribution in [2.45, 2.75) is 19.3 Å². The number of aliphatic carboxylic acids is 1. The third-order valence-electron chi connectivity index (χ3n) is 3.57. The lowest BCUT2D eigenvalue weighted by Gasteiger charge is -2.15. The van der Waals surface area contributed by atoms with Gasteiger partial charge < -0.3 is 15.5 Å². The molecule has 1 fully saturated rings. The number of rotatable bonds is 4. The Balaban J connectivity index is 2.04. The summed E-state index contributed by atoms with van der Waals surface area (Å²) in [5.41, 5.74) is 0.600. The molecule has 1 aromatic carbocycles. The number of carboxylic acid groups (broad SMARTS) is 2. The molecule has 3 N–H and O–H groups in total. The van der Waals surface area contributed by atoms with Crippen LogP contribution in [0, 0.1) is 11.8 Å². The topological polar surface area (TPSA) is 104 Å². The molecule has 0 heterocycles. The molecule has 0 saturated heterocycles. The number of carboxylic acids is 2. The normalized spacial score (nSPS) is 21.4. The lowest BCUT2D eigenvalue weighted by atomic mass is 9.95. The molecule has 1 aliphatic rings. The average molecular weight is 277 g/mol. The summed E-state index contributed by atoms with van der Waals surface area (Å²) in [6.45, 7) is 0. The summed E-state index contributed by atoms with van der Waals surface area (Å²) in [7, 11) is 0. The Morgan fingerprint density at radius 2 is 1.60 bits per heavy atom. The fourth-order valence-corrected chi connectivity index (χ4v) is 2.50. The van der Waals surface area contributed by atoms with E-state index in [4.69, 9.17) is 10.2 Å². The van der Waals surface area contributed by atoms with Crippen LogP contribution in [0.25, 0.3) is 0 Å². The highest BCUT2D eigenvalue weighted by atomic mass is 16.4. The molecule has 0 aromatic heterocycles. The van der Waals surface area contributed by atoms with E-state index in [0.717, 1.165) is 6.42 Å². The monoisotopic (exact) mass is 277 g/mol. The first kappa shape index (κ1) is 14.0. The quantitative estimate of drug-likeness (QED) is 0.778. The number of benzene rings is 1. The van der Waals surface area contributed by atoms with E-state index in [9.17, 15) is 14.4 Å². The van der Waals surface area contributed by atoms with Gasteiger partial charge in [-0.2, -0.15) is 0 Å². The van der Waals surface area contributed by atoms with Crippen molar-refractivity contribution in [2.75, 3.05) is 5.32 Å². The fourth-order valence-electron chi connectivity index (χ4n) is 2.50. The molecule has 20 heavy (non-hydrogen) atoms. The molecule has 0 aliphatic heterocycles. The zero-order valence-corrected chi connectivity index (χ0v) is 10.7. The van der Waals surface area contributed by atoms with Crippen LogP contribution in [0.4, 0.5) is 5.69 Å². The van der Waals surface area contributed by atoms with Crippen molar-refractivity contribution in [1.29, 1.82) is 0 Å². The number of aromatic carboxylic acids is 1. The number of carbonyl (C=O) groups excluding carboxylic acids is 1. The molecule has 6 nitrogen and oxygen atoms in total. The Morgan fingerprint density at radius 1 is 1.00 bits per heavy atom. The molecular formula is C14H15NO5. The van der Waals surface area contributed by atoms with Crippen molar-refractivity contribution in [3.8, 4) is 0 Å². The van der Waals surface area contributed by atoms with Gasteiger partial charge in [0.25, 0.3) is 0 Å². The molecule has 1 saturated carbocycles. The van der Waals surface area contributed by atoms with Crippen molar-refractivity contribution in [1.82, 2.24) is 0 Å². The molecular weight excluding hydrogens is 262 g/mol. The van der Waals surface area contributed by atoms with Gasteiger partial charge in [-0.25, -0.2) is 4.79 Å². The Bertz CT molecular complexity index is 537. The first-order valence-electron chi connectivity index (χ1n) is 6.36. The maximum atomic E-state index is 12.1. The van der Waals surface area contributed by atoms with Gasteiger partial charge in [-0.1, -0.05) is 6.42 Å². The predicted octanol–water partition coefficient (Wildman–Crippen LogP) is 1.82. The Morgan fingerprint density at radius 3 is 2.15 bits per heavy atom. The lowest BCUT2D eigenvalue weighted by Crippen LogP contribution is -2.29. The highest BCUT2D eigenvalue weighted by Gasteiger charge is 2.37. The molecule has 1 amide bonds. The van der Waals surface area contributed by atoms with Gasteiger partial charge in [-0.15, -0.1) is 0 Å². The maximum absolute atomic E-state index is 12.1. The molecule has 0 spiro atoms. The van der Waals surface area contributed by atoms with Crippen LogP contribution in [0.1, 0.15) is 29.6 Å². The van der Waals surface area contributed by atoms with Gasteiger partial charge in [0, 0.05) is 5.69 Å². The summed E-state index contributed by atoms with van der Waals surface area (Å²) in [5, 5.41) is 20.5. The van der Waals surface area contributed by atoms with Crippen molar-refractivity contribution in [3.63, 3.8) is 0 Å². The van der Waals surface area contributed by atoms with Gasteiger partial charge in [-0.3, -0.25) is 9.59 Å². The third-order valence-corrected chi connectivity index (χ3v) is 3.57. The first-order valence-corrected chi connectivity index (χ1v) is 6.36. The van der Waals surface area contributed by atoms with Crippen LogP contribution >= 0.6 is 0 Å². The van der Waals surface area contributed by atoms with Crippen LogP contribution in [0.2, 0.25) is 0 Å². The highest BCUT2D eigenvalue weighted by Crippen LogP contribution is 2.32. The summed E-state index contributed by atoms with van der Waals surface area (Å²) in [4.78, 5) is 33.8. The highest BCUT2D eigenvalue weighted by molar-refractivity contribution is 5.96. The summed E-state index contributed by atoms with van der Waals surface area (Å²) in [5.74, 6) is -3.45. The SMILES string of the molecule is O=C(O)c1ccc(NC(=O)[C@@H]2CCC[C@@H]2C(=O)O)cc1. The fraction of sp³-hybridized carbons (Fsp3) is 0.357. The van der Waals surface area contributed by atoms with Crippen LogP contribution in [0.15, 0.2) is 24.3 Å². The van der Waals surface area contributed by atoms with Crippen molar-refractivity contribution < 1.29 is 24.6 Å². The van der Waals surface area contributed by atoms with Crippen molar-refractivity contribution in [2.24, 2.45) is 11.8 Å². The molecule has 2 rings (SSSR count). The van der Waals surface area contributed by atoms with E-state index in [-0.39, 0.29) is 11.5 Å². The predicted molar refractivity (Wildman–Crippen MR) is 70.5 cm³/mol. The minimum absolute atomic E-state index is 0.132. The summed E-state index contributed by atoms with van der Waals surface area (Å²) >= 11 is 0. The second kappa shape index (κ2) is 5.73. The molecule has 2 atom stereocenters. The van der Waals surface area contributed by atoms with E-state index in [1.807, 2.05) is 0 Å². The molecule has 0 unspecified atom stereocenters. The summed E-state index contributed by atoms with van der Waals surface area (Å²) in [6.07, 6.45) is 1.81. The van der Waals surface area contributed by atoms with E-state index < -0.39 is 23.8 Å². The van der Waals surface area contributed by atoms with E-state index in [1.54, 1.807) is 0 Å². The van der Waals surface area contributed by atoms with Crippen LogP contribution < -0.4 is 5.32 Å². The van der Waals surface area contributed by atoms with E-state index in [1.165, 1.54) is 24.3 Å². The molecule has 1 aromatic rings. The van der Waals surface area contributed by atoms with Gasteiger partial charge in [0.05, 0.1) is 17.4 Å². The smallest absolute Gasteiger partial charge is 0.335 e. The zero-order valence-electron chi connectivity index (χ0n) is 10.7. The van der Waals surface area contributed by atoms with Crippen LogP contribution in [-0.2, 0) is 9.59 Å². The van der Waals surface area contributed by atoms with Gasteiger partial charge in [0.2, 0.25) is 5.91 Å². The number of hydrogen-bond donors (Lipinski definition) is 3. The average Bonchev–Trinajstić information content (AvgIpc) is 2.88. The van der Waals surface area contributed by atoms with Gasteiger partial charge in [0.1, 0.15) is 0 Å². The number of carbonyl (C=O) groups is 3. The molecule has 1 aliphatic carbocycles. The maximum Gasteiger partial charge on any atom is 0.335 e. The number of amides is 1. The van der Waals surface area contributed by atoms with Gasteiger partial charge in [-0.05, 0) is 37.1 Å². The minimum Gasteiger partial charge on any atom is -0.481 e. The largest absolute Gasteiger partial charge is 0.481 e. The van der Waals surface area contributed by atoms with Crippen molar-refractivity contribution >= 4 is 23.5 Å². The summed E-state index contributed by atoms with van der Waals surface area (Å²) in [6, 6.07) is 5.76. The zero-order chi connectivity index (χ0) is 14.7. The van der Waals surface area contributed by atoms with E-state index >= 15 is 0 Å². The number of anilines is 1. The Kier molecular flexibility index (Phi) is 4.02. The molecule has 106 valence electrons. The van der Waals surface area contributed by atoms with Crippen LogP contribution in [0.3, 0.4) is 0 Å². The number of hydrogen-bond acceptors (Lipinski definition) is 3. The second-order valence-electron chi connectivity index (χ2n) is 4.85. The molecule has 0 radical (unpaired) electrons. The molecule has 6 heteroatoms. The van der Waals surface area contributed by atoms with E-state index in [2.05, 4.69) is 5.32 Å². The Hall–Kier alpha value is -2.37. The van der Waals surface area contributed by atoms with Gasteiger partial charge >= 0.3 is 11.9 Å². The third kappa shape index (κ3) is 2.96. The second-order valence-corrected chi connectivity index (χ2v) is 4.85. The minimum atomic E-state index is -1.04. The van der Waals surface area contributed by atoms with E-state index in [0.29, 0.717) is 18.5 Å². The molecule has 0 bridgehead atoms.